The van der Waals surface area contributed by atoms with Crippen molar-refractivity contribution in [2.24, 2.45) is 16.7 Å². The Bertz CT molecular complexity index is 968. The van der Waals surface area contributed by atoms with Gasteiger partial charge in [-0.2, -0.15) is 26.3 Å². The zero-order chi connectivity index (χ0) is 18.8. The number of benzene rings is 1. The number of rotatable bonds is 4. The van der Waals surface area contributed by atoms with Crippen molar-refractivity contribution in [1.29, 1.82) is 31.7 Å². The van der Waals surface area contributed by atoms with Crippen LogP contribution in [0.15, 0.2) is 24.3 Å². The lowest BCUT2D eigenvalue weighted by molar-refractivity contribution is -0.384. The van der Waals surface area contributed by atoms with E-state index in [1.54, 1.807) is 30.3 Å². The molecule has 0 amide bonds. The molecule has 0 saturated heterocycles. The van der Waals surface area contributed by atoms with Gasteiger partial charge in [-0.05, 0) is 5.56 Å². The molecule has 1 aliphatic rings. The summed E-state index contributed by atoms with van der Waals surface area (Å²) in [4.78, 5) is 10.3. The number of non-ortho nitro benzene ring substituents is 1. The van der Waals surface area contributed by atoms with E-state index in [1.165, 1.54) is 18.2 Å². The summed E-state index contributed by atoms with van der Waals surface area (Å²) in [6.45, 7) is 0. The van der Waals surface area contributed by atoms with E-state index in [-0.39, 0.29) is 11.3 Å². The lowest BCUT2D eigenvalue weighted by Gasteiger charge is -2.11. The van der Waals surface area contributed by atoms with Gasteiger partial charge in [0.25, 0.3) is 5.69 Å². The number of nitrogens with one attached hydrogen (secondary N) is 1. The summed E-state index contributed by atoms with van der Waals surface area (Å²) in [7, 11) is 0. The van der Waals surface area contributed by atoms with E-state index in [4.69, 9.17) is 15.9 Å². The average molecular weight is 329 g/mol. The van der Waals surface area contributed by atoms with Crippen LogP contribution in [-0.2, 0) is 0 Å². The highest BCUT2D eigenvalue weighted by Crippen LogP contribution is 2.74. The molecule has 0 aliphatic heterocycles. The van der Waals surface area contributed by atoms with E-state index >= 15 is 0 Å². The van der Waals surface area contributed by atoms with Gasteiger partial charge in [-0.25, -0.2) is 0 Å². The summed E-state index contributed by atoms with van der Waals surface area (Å²) < 4.78 is 0. The highest BCUT2D eigenvalue weighted by molar-refractivity contribution is 6.02. The quantitative estimate of drug-likeness (QED) is 0.496. The molecule has 0 heterocycles. The minimum Gasteiger partial charge on any atom is -0.305 e. The smallest absolute Gasteiger partial charge is 0.269 e. The zero-order valence-electron chi connectivity index (χ0n) is 12.5. The molecule has 1 aliphatic carbocycles. The highest BCUT2D eigenvalue weighted by atomic mass is 16.6. The molecule has 118 valence electrons. The van der Waals surface area contributed by atoms with Crippen LogP contribution in [0.3, 0.4) is 0 Å². The molecule has 1 N–H and O–H groups in total. The van der Waals surface area contributed by atoms with Crippen LogP contribution in [0.2, 0.25) is 0 Å². The van der Waals surface area contributed by atoms with E-state index in [0.29, 0.717) is 0 Å². The standard InChI is InChI=1S/C16H7N7O2/c17-5-11(6-18)14(22)16(9-21)13(15(16,7-19)8-20)10-2-1-3-12(4-10)23(24)25/h1-4,11,13,22H/t13-,16+/m1/s1. The van der Waals surface area contributed by atoms with E-state index in [9.17, 15) is 25.9 Å². The van der Waals surface area contributed by atoms with E-state index < -0.39 is 33.3 Å². The molecular formula is C16H7N7O2. The zero-order valence-corrected chi connectivity index (χ0v) is 12.5. The molecule has 2 atom stereocenters. The van der Waals surface area contributed by atoms with E-state index in [1.807, 2.05) is 0 Å². The Morgan fingerprint density at radius 2 is 1.76 bits per heavy atom. The summed E-state index contributed by atoms with van der Waals surface area (Å²) in [5.74, 6) is -2.78. The molecule has 9 nitrogen and oxygen atoms in total. The third-order valence-electron chi connectivity index (χ3n) is 4.32. The van der Waals surface area contributed by atoms with Gasteiger partial charge in [-0.3, -0.25) is 10.1 Å². The van der Waals surface area contributed by atoms with Gasteiger partial charge in [-0.15, -0.1) is 0 Å². The predicted octanol–water partition coefficient (Wildman–Crippen LogP) is 1.92. The van der Waals surface area contributed by atoms with Crippen molar-refractivity contribution in [3.05, 3.63) is 39.9 Å². The first kappa shape index (κ1) is 17.1. The molecule has 9 heteroatoms. The van der Waals surface area contributed by atoms with Crippen molar-refractivity contribution in [3.8, 4) is 30.3 Å². The summed E-state index contributed by atoms with van der Waals surface area (Å²) in [5.41, 5.74) is -4.82. The maximum atomic E-state index is 10.9. The average Bonchev–Trinajstić information content (AvgIpc) is 3.26. The van der Waals surface area contributed by atoms with Crippen molar-refractivity contribution >= 4 is 11.4 Å². The SMILES string of the molecule is N#CC(C#N)C(=N)[C@]1(C#N)[C@H](c2cccc([N+](=O)[O-])c2)C1(C#N)C#N. The van der Waals surface area contributed by atoms with Crippen molar-refractivity contribution in [2.75, 3.05) is 0 Å². The number of nitro benzene ring substituents is 1. The van der Waals surface area contributed by atoms with Gasteiger partial charge in [-0.1, -0.05) is 12.1 Å². The largest absolute Gasteiger partial charge is 0.305 e. The highest BCUT2D eigenvalue weighted by Gasteiger charge is 2.83. The van der Waals surface area contributed by atoms with E-state index in [0.717, 1.165) is 6.07 Å². The summed E-state index contributed by atoms with van der Waals surface area (Å²) in [5, 5.41) is 65.6. The maximum absolute atomic E-state index is 10.9. The van der Waals surface area contributed by atoms with Crippen molar-refractivity contribution < 1.29 is 4.92 Å². The van der Waals surface area contributed by atoms with Crippen LogP contribution in [0.4, 0.5) is 5.69 Å². The summed E-state index contributed by atoms with van der Waals surface area (Å²) >= 11 is 0. The molecular weight excluding hydrogens is 322 g/mol. The van der Waals surface area contributed by atoms with Crippen molar-refractivity contribution in [3.63, 3.8) is 0 Å². The molecule has 1 fully saturated rings. The van der Waals surface area contributed by atoms with Crippen molar-refractivity contribution in [2.45, 2.75) is 5.92 Å². The van der Waals surface area contributed by atoms with Crippen LogP contribution in [0.1, 0.15) is 11.5 Å². The van der Waals surface area contributed by atoms with Gasteiger partial charge in [0, 0.05) is 18.1 Å². The fourth-order valence-electron chi connectivity index (χ4n) is 3.09. The molecule has 0 radical (unpaired) electrons. The number of nitro groups is 1. The molecule has 0 aromatic heterocycles. The molecule has 1 aromatic carbocycles. The predicted molar refractivity (Wildman–Crippen MR) is 80.0 cm³/mol. The molecule has 1 aromatic rings. The first-order valence-corrected chi connectivity index (χ1v) is 6.76. The summed E-state index contributed by atoms with van der Waals surface area (Å²) in [6, 6.07) is 13.4. The first-order valence-electron chi connectivity index (χ1n) is 6.76. The minimum absolute atomic E-state index is 0.151. The lowest BCUT2D eigenvalue weighted by atomic mass is 9.84. The van der Waals surface area contributed by atoms with Gasteiger partial charge in [0.2, 0.25) is 0 Å². The van der Waals surface area contributed by atoms with Crippen molar-refractivity contribution in [1.82, 2.24) is 0 Å². The Morgan fingerprint density at radius 3 is 2.20 bits per heavy atom. The van der Waals surface area contributed by atoms with Crippen LogP contribution in [0.5, 0.6) is 0 Å². The minimum atomic E-state index is -2.01. The van der Waals surface area contributed by atoms with Crippen LogP contribution in [-0.4, -0.2) is 10.6 Å². The Hall–Kier alpha value is -4.26. The maximum Gasteiger partial charge on any atom is 0.269 e. The molecule has 1 saturated carbocycles. The number of nitriles is 5. The fourth-order valence-corrected chi connectivity index (χ4v) is 3.09. The van der Waals surface area contributed by atoms with Crippen LogP contribution < -0.4 is 0 Å². The number of nitrogens with zero attached hydrogens (tertiary/aromatic N) is 6. The van der Waals surface area contributed by atoms with Gasteiger partial charge in [0.15, 0.2) is 11.3 Å². The third-order valence-corrected chi connectivity index (χ3v) is 4.32. The second-order valence-corrected chi connectivity index (χ2v) is 5.34. The van der Waals surface area contributed by atoms with Gasteiger partial charge >= 0.3 is 0 Å². The van der Waals surface area contributed by atoms with Gasteiger partial charge in [0.1, 0.15) is 5.41 Å². The Kier molecular flexibility index (Phi) is 3.93. The molecule has 0 spiro atoms. The van der Waals surface area contributed by atoms with Crippen LogP contribution in [0, 0.1) is 88.9 Å². The fraction of sp³-hybridized carbons (Fsp3) is 0.250. The topological polar surface area (TPSA) is 186 Å². The second-order valence-electron chi connectivity index (χ2n) is 5.34. The summed E-state index contributed by atoms with van der Waals surface area (Å²) in [6.07, 6.45) is 0. The first-order chi connectivity index (χ1) is 11.9. The Labute approximate surface area is 141 Å². The number of hydrogen-bond acceptors (Lipinski definition) is 8. The van der Waals surface area contributed by atoms with Crippen LogP contribution >= 0.6 is 0 Å². The Balaban J connectivity index is 2.70. The van der Waals surface area contributed by atoms with Gasteiger partial charge in [0.05, 0.1) is 41.0 Å². The molecule has 0 unspecified atom stereocenters. The molecule has 2 rings (SSSR count). The van der Waals surface area contributed by atoms with E-state index in [2.05, 4.69) is 0 Å². The lowest BCUT2D eigenvalue weighted by Crippen LogP contribution is -2.26. The molecule has 25 heavy (non-hydrogen) atoms. The second kappa shape index (κ2) is 5.74. The third kappa shape index (κ3) is 2.00. The monoisotopic (exact) mass is 329 g/mol. The normalized spacial score (nSPS) is 22.3. The number of hydrogen-bond donors (Lipinski definition) is 1. The Morgan fingerprint density at radius 1 is 1.16 bits per heavy atom. The molecule has 0 bridgehead atoms. The van der Waals surface area contributed by atoms with Crippen LogP contribution in [0.25, 0.3) is 0 Å². The van der Waals surface area contributed by atoms with Gasteiger partial charge < -0.3 is 5.41 Å².